The lowest BCUT2D eigenvalue weighted by Crippen LogP contribution is -2.30. The number of carbonyl (C=O) groups excluding carboxylic acids is 2. The minimum absolute atomic E-state index is 0.109. The highest BCUT2D eigenvalue weighted by molar-refractivity contribution is 5.81. The van der Waals surface area contributed by atoms with Crippen molar-refractivity contribution in [2.45, 2.75) is 91.2 Å². The first kappa shape index (κ1) is 35.2. The van der Waals surface area contributed by atoms with Crippen LogP contribution in [0.4, 0.5) is 0 Å². The molecule has 10 nitrogen and oxygen atoms in total. The molecule has 0 heterocycles. The summed E-state index contributed by atoms with van der Waals surface area (Å²) < 4.78 is 44.4. The van der Waals surface area contributed by atoms with Gasteiger partial charge in [0.2, 0.25) is 0 Å². The van der Waals surface area contributed by atoms with E-state index in [2.05, 4.69) is 13.2 Å². The van der Waals surface area contributed by atoms with Crippen LogP contribution in [0.1, 0.15) is 48.5 Å². The smallest absolute Gasteiger partial charge is 0.330 e. The molecular formula is C27H48O10. The SMILES string of the molecule is C=CC(=O)OCC(C)OCC(C)OCC(C)OCC(C)OCC(C)OCC(C)OCC(C)OC(=O)C=C. The molecule has 0 fully saturated rings. The van der Waals surface area contributed by atoms with Crippen molar-refractivity contribution in [2.24, 2.45) is 0 Å². The van der Waals surface area contributed by atoms with E-state index < -0.39 is 11.9 Å². The average Bonchev–Trinajstić information content (AvgIpc) is 2.88. The standard InChI is InChI=1S/C27H48O10/c1-10-26(28)36-17-24(8)34-15-22(6)32-13-20(4)30-12-19(3)31-14-21(5)33-16-23(7)35-18-25(9)37-27(29)11-2/h10-11,19-25H,1-2,12-18H2,3-9H3. The van der Waals surface area contributed by atoms with Crippen LogP contribution in [0.3, 0.4) is 0 Å². The van der Waals surface area contributed by atoms with Gasteiger partial charge in [-0.25, -0.2) is 9.59 Å². The number of esters is 2. The summed E-state index contributed by atoms with van der Waals surface area (Å²) in [6.07, 6.45) is 1.03. The van der Waals surface area contributed by atoms with Gasteiger partial charge in [0.05, 0.1) is 76.3 Å². The van der Waals surface area contributed by atoms with Crippen molar-refractivity contribution in [1.29, 1.82) is 0 Å². The fourth-order valence-electron chi connectivity index (χ4n) is 2.63. The summed E-state index contributed by atoms with van der Waals surface area (Å²) in [4.78, 5) is 22.2. The molecule has 0 aromatic heterocycles. The zero-order valence-corrected chi connectivity index (χ0v) is 23.6. The van der Waals surface area contributed by atoms with Crippen molar-refractivity contribution in [3.63, 3.8) is 0 Å². The Morgan fingerprint density at radius 2 is 0.757 bits per heavy atom. The lowest BCUT2D eigenvalue weighted by Gasteiger charge is -2.22. The summed E-state index contributed by atoms with van der Waals surface area (Å²) in [5, 5.41) is 0. The van der Waals surface area contributed by atoms with Crippen molar-refractivity contribution in [3.8, 4) is 0 Å². The van der Waals surface area contributed by atoms with Crippen LogP contribution in [0.5, 0.6) is 0 Å². The lowest BCUT2D eigenvalue weighted by atomic mass is 10.3. The number of carbonyl (C=O) groups is 2. The summed E-state index contributed by atoms with van der Waals surface area (Å²) in [7, 11) is 0. The van der Waals surface area contributed by atoms with Crippen LogP contribution in [0.25, 0.3) is 0 Å². The molecule has 0 aromatic rings. The van der Waals surface area contributed by atoms with Crippen LogP contribution >= 0.6 is 0 Å². The number of rotatable bonds is 23. The van der Waals surface area contributed by atoms with E-state index in [1.807, 2.05) is 41.5 Å². The monoisotopic (exact) mass is 532 g/mol. The van der Waals surface area contributed by atoms with Gasteiger partial charge < -0.3 is 37.9 Å². The zero-order valence-electron chi connectivity index (χ0n) is 23.6. The number of hydrogen-bond acceptors (Lipinski definition) is 10. The molecule has 7 unspecified atom stereocenters. The molecule has 0 amide bonds. The van der Waals surface area contributed by atoms with E-state index in [0.717, 1.165) is 12.2 Å². The Labute approximate surface area is 222 Å². The lowest BCUT2D eigenvalue weighted by molar-refractivity contribution is -0.147. The molecule has 0 aromatic carbocycles. The van der Waals surface area contributed by atoms with Gasteiger partial charge in [0.15, 0.2) is 0 Å². The second kappa shape index (κ2) is 21.2. The fourth-order valence-corrected chi connectivity index (χ4v) is 2.63. The summed E-state index contributed by atoms with van der Waals surface area (Å²) >= 11 is 0. The Kier molecular flexibility index (Phi) is 20.1. The third-order valence-corrected chi connectivity index (χ3v) is 4.80. The molecule has 7 atom stereocenters. The maximum absolute atomic E-state index is 11.2. The highest BCUT2D eigenvalue weighted by Gasteiger charge is 2.15. The van der Waals surface area contributed by atoms with Crippen molar-refractivity contribution < 1.29 is 47.5 Å². The van der Waals surface area contributed by atoms with E-state index in [9.17, 15) is 9.59 Å². The molecule has 37 heavy (non-hydrogen) atoms. The highest BCUT2D eigenvalue weighted by Crippen LogP contribution is 2.05. The minimum atomic E-state index is -0.470. The molecule has 0 aliphatic rings. The largest absolute Gasteiger partial charge is 0.460 e. The van der Waals surface area contributed by atoms with Gasteiger partial charge in [0.25, 0.3) is 0 Å². The Bertz CT molecular complexity index is 641. The van der Waals surface area contributed by atoms with E-state index in [-0.39, 0.29) is 55.9 Å². The van der Waals surface area contributed by atoms with Gasteiger partial charge in [-0.05, 0) is 48.5 Å². The first-order chi connectivity index (χ1) is 17.5. The van der Waals surface area contributed by atoms with Gasteiger partial charge in [0, 0.05) is 12.2 Å². The molecule has 0 saturated carbocycles. The molecule has 0 radical (unpaired) electrons. The summed E-state index contributed by atoms with van der Waals surface area (Å²) in [6.45, 7) is 22.4. The minimum Gasteiger partial charge on any atom is -0.460 e. The van der Waals surface area contributed by atoms with E-state index in [4.69, 9.17) is 37.9 Å². The van der Waals surface area contributed by atoms with Crippen molar-refractivity contribution >= 4 is 11.9 Å². The Balaban J connectivity index is 3.89. The molecule has 10 heteroatoms. The van der Waals surface area contributed by atoms with Crippen LogP contribution < -0.4 is 0 Å². The van der Waals surface area contributed by atoms with Crippen molar-refractivity contribution in [2.75, 3.05) is 46.2 Å². The topological polar surface area (TPSA) is 108 Å². The molecule has 0 saturated heterocycles. The Hall–Kier alpha value is -1.82. The van der Waals surface area contributed by atoms with Gasteiger partial charge in [-0.2, -0.15) is 0 Å². The summed E-state index contributed by atoms with van der Waals surface area (Å²) in [6, 6.07) is 0. The van der Waals surface area contributed by atoms with Crippen LogP contribution in [-0.2, 0) is 47.5 Å². The van der Waals surface area contributed by atoms with E-state index in [1.165, 1.54) is 0 Å². The molecule has 0 spiro atoms. The molecule has 216 valence electrons. The normalized spacial score (nSPS) is 17.1. The maximum atomic E-state index is 11.2. The number of hydrogen-bond donors (Lipinski definition) is 0. The predicted molar refractivity (Wildman–Crippen MR) is 139 cm³/mol. The molecular weight excluding hydrogens is 484 g/mol. The second-order valence-electron chi connectivity index (χ2n) is 9.15. The van der Waals surface area contributed by atoms with E-state index in [1.54, 1.807) is 6.92 Å². The van der Waals surface area contributed by atoms with Crippen LogP contribution in [0.2, 0.25) is 0 Å². The fraction of sp³-hybridized carbons (Fsp3) is 0.778. The second-order valence-corrected chi connectivity index (χ2v) is 9.15. The predicted octanol–water partition coefficient (Wildman–Crippen LogP) is 3.26. The van der Waals surface area contributed by atoms with Gasteiger partial charge in [-0.15, -0.1) is 0 Å². The molecule has 0 bridgehead atoms. The number of ether oxygens (including phenoxy) is 8. The van der Waals surface area contributed by atoms with E-state index >= 15 is 0 Å². The van der Waals surface area contributed by atoms with Crippen molar-refractivity contribution in [1.82, 2.24) is 0 Å². The van der Waals surface area contributed by atoms with Gasteiger partial charge >= 0.3 is 11.9 Å². The summed E-state index contributed by atoms with van der Waals surface area (Å²) in [5.74, 6) is -0.940. The quantitative estimate of drug-likeness (QED) is 0.144. The zero-order chi connectivity index (χ0) is 28.2. The van der Waals surface area contributed by atoms with Crippen LogP contribution in [-0.4, -0.2) is 101 Å². The molecule has 0 rings (SSSR count). The van der Waals surface area contributed by atoms with Gasteiger partial charge in [-0.1, -0.05) is 13.2 Å². The van der Waals surface area contributed by atoms with E-state index in [0.29, 0.717) is 33.0 Å². The van der Waals surface area contributed by atoms with Crippen LogP contribution in [0.15, 0.2) is 25.3 Å². The van der Waals surface area contributed by atoms with Crippen molar-refractivity contribution in [3.05, 3.63) is 25.3 Å². The Morgan fingerprint density at radius 1 is 0.486 bits per heavy atom. The maximum Gasteiger partial charge on any atom is 0.330 e. The molecule has 0 aliphatic carbocycles. The van der Waals surface area contributed by atoms with Gasteiger partial charge in [0.1, 0.15) is 12.7 Å². The third-order valence-electron chi connectivity index (χ3n) is 4.80. The summed E-state index contributed by atoms with van der Waals surface area (Å²) in [5.41, 5.74) is 0. The molecule has 0 N–H and O–H groups in total. The third kappa shape index (κ3) is 20.9. The highest BCUT2D eigenvalue weighted by atomic mass is 16.6. The first-order valence-electron chi connectivity index (χ1n) is 12.8. The first-order valence-corrected chi connectivity index (χ1v) is 12.8. The van der Waals surface area contributed by atoms with Crippen LogP contribution in [0, 0.1) is 0 Å². The molecule has 0 aliphatic heterocycles. The van der Waals surface area contributed by atoms with Gasteiger partial charge in [-0.3, -0.25) is 0 Å². The average molecular weight is 533 g/mol. The Morgan fingerprint density at radius 3 is 1.05 bits per heavy atom.